The van der Waals surface area contributed by atoms with Gasteiger partial charge in [-0.1, -0.05) is 30.3 Å². The summed E-state index contributed by atoms with van der Waals surface area (Å²) >= 11 is 0. The lowest BCUT2D eigenvalue weighted by Crippen LogP contribution is -2.41. The first-order valence-electron chi connectivity index (χ1n) is 9.51. The van der Waals surface area contributed by atoms with Gasteiger partial charge in [0.2, 0.25) is 0 Å². The second-order valence-electron chi connectivity index (χ2n) is 6.68. The smallest absolute Gasteiger partial charge is 0.309 e. The lowest BCUT2D eigenvalue weighted by Gasteiger charge is -2.31. The zero-order valence-corrected chi connectivity index (χ0v) is 15.9. The fourth-order valence-electron chi connectivity index (χ4n) is 3.31. The van der Waals surface area contributed by atoms with Crippen LogP contribution < -0.4 is 5.32 Å². The number of esters is 1. The summed E-state index contributed by atoms with van der Waals surface area (Å²) in [5, 5.41) is 2.83. The van der Waals surface area contributed by atoms with Crippen LogP contribution in [0.1, 0.15) is 40.5 Å². The maximum atomic E-state index is 13.0. The number of carbonyl (C=O) groups is 3. The van der Waals surface area contributed by atoms with Gasteiger partial charge in [0.1, 0.15) is 0 Å². The molecule has 2 aromatic rings. The molecule has 6 heteroatoms. The molecule has 1 fully saturated rings. The molecule has 1 aliphatic heterocycles. The molecule has 0 aliphatic carbocycles. The van der Waals surface area contributed by atoms with Gasteiger partial charge in [-0.05, 0) is 44.0 Å². The van der Waals surface area contributed by atoms with Crippen molar-refractivity contribution in [2.24, 2.45) is 5.92 Å². The molecule has 146 valence electrons. The summed E-state index contributed by atoms with van der Waals surface area (Å²) in [5.74, 6) is -0.754. The van der Waals surface area contributed by atoms with Gasteiger partial charge in [0.15, 0.2) is 0 Å². The maximum absolute atomic E-state index is 13.0. The Hall–Kier alpha value is -3.15. The number of likely N-dealkylation sites (tertiary alicyclic amines) is 1. The van der Waals surface area contributed by atoms with Crippen LogP contribution >= 0.6 is 0 Å². The van der Waals surface area contributed by atoms with E-state index in [9.17, 15) is 14.4 Å². The molecule has 0 bridgehead atoms. The molecule has 1 heterocycles. The van der Waals surface area contributed by atoms with E-state index in [1.165, 1.54) is 0 Å². The van der Waals surface area contributed by atoms with Crippen molar-refractivity contribution in [3.63, 3.8) is 0 Å². The first-order valence-corrected chi connectivity index (χ1v) is 9.51. The molecule has 3 rings (SSSR count). The van der Waals surface area contributed by atoms with Gasteiger partial charge in [0.05, 0.1) is 23.8 Å². The zero-order chi connectivity index (χ0) is 19.9. The third kappa shape index (κ3) is 4.57. The van der Waals surface area contributed by atoms with Crippen LogP contribution in [0.2, 0.25) is 0 Å². The van der Waals surface area contributed by atoms with Crippen molar-refractivity contribution in [2.45, 2.75) is 19.8 Å². The maximum Gasteiger partial charge on any atom is 0.309 e. The summed E-state index contributed by atoms with van der Waals surface area (Å²) < 4.78 is 5.08. The second kappa shape index (κ2) is 9.17. The minimum absolute atomic E-state index is 0.147. The molecular formula is C22H24N2O4. The number of amides is 2. The van der Waals surface area contributed by atoms with E-state index in [2.05, 4.69) is 5.32 Å². The monoisotopic (exact) mass is 380 g/mol. The number of nitrogens with zero attached hydrogens (tertiary/aromatic N) is 1. The minimum Gasteiger partial charge on any atom is -0.466 e. The van der Waals surface area contributed by atoms with Crippen LogP contribution in [0.5, 0.6) is 0 Å². The fraction of sp³-hybridized carbons (Fsp3) is 0.318. The van der Waals surface area contributed by atoms with Crippen molar-refractivity contribution in [3.8, 4) is 0 Å². The predicted molar refractivity (Wildman–Crippen MR) is 106 cm³/mol. The normalized spacial score (nSPS) is 14.4. The average molecular weight is 380 g/mol. The van der Waals surface area contributed by atoms with Crippen LogP contribution in [0.3, 0.4) is 0 Å². The lowest BCUT2D eigenvalue weighted by atomic mass is 9.96. The predicted octanol–water partition coefficient (Wildman–Crippen LogP) is 3.35. The molecule has 2 aromatic carbocycles. The average Bonchev–Trinajstić information content (AvgIpc) is 2.74. The Morgan fingerprint density at radius 2 is 1.64 bits per heavy atom. The first-order chi connectivity index (χ1) is 13.6. The summed E-state index contributed by atoms with van der Waals surface area (Å²) in [7, 11) is 0. The highest BCUT2D eigenvalue weighted by Gasteiger charge is 2.29. The Labute approximate surface area is 164 Å². The lowest BCUT2D eigenvalue weighted by molar-refractivity contribution is -0.149. The summed E-state index contributed by atoms with van der Waals surface area (Å²) in [5.41, 5.74) is 1.45. The Balaban J connectivity index is 1.68. The number of para-hydroxylation sites is 1. The molecule has 0 spiro atoms. The number of hydrogen-bond donors (Lipinski definition) is 1. The number of piperidine rings is 1. The number of hydrogen-bond acceptors (Lipinski definition) is 4. The first kappa shape index (κ1) is 19.6. The van der Waals surface area contributed by atoms with Crippen LogP contribution in [-0.4, -0.2) is 42.4 Å². The van der Waals surface area contributed by atoms with E-state index in [1.54, 1.807) is 60.4 Å². The largest absolute Gasteiger partial charge is 0.466 e. The van der Waals surface area contributed by atoms with Gasteiger partial charge >= 0.3 is 5.97 Å². The number of carbonyl (C=O) groups excluding carboxylic acids is 3. The van der Waals surface area contributed by atoms with Crippen molar-refractivity contribution in [3.05, 3.63) is 65.7 Å². The second-order valence-corrected chi connectivity index (χ2v) is 6.68. The molecule has 1 N–H and O–H groups in total. The highest BCUT2D eigenvalue weighted by atomic mass is 16.5. The highest BCUT2D eigenvalue weighted by molar-refractivity contribution is 6.09. The molecule has 0 atom stereocenters. The van der Waals surface area contributed by atoms with Crippen molar-refractivity contribution in [1.29, 1.82) is 0 Å². The molecule has 2 amide bonds. The van der Waals surface area contributed by atoms with Crippen LogP contribution in [0.25, 0.3) is 0 Å². The standard InChI is InChI=1S/C22H24N2O4/c1-2-28-22(27)17-12-14-24(15-13-17)21(26)18-10-6-7-11-19(18)23-20(25)16-8-4-3-5-9-16/h3-11,17H,2,12-15H2,1H3,(H,23,25). The van der Waals surface area contributed by atoms with Gasteiger partial charge in [0, 0.05) is 18.7 Å². The molecule has 6 nitrogen and oxygen atoms in total. The minimum atomic E-state index is -0.262. The van der Waals surface area contributed by atoms with Crippen LogP contribution in [0, 0.1) is 5.92 Å². The molecule has 1 aliphatic rings. The van der Waals surface area contributed by atoms with Gasteiger partial charge in [-0.25, -0.2) is 0 Å². The van der Waals surface area contributed by atoms with E-state index >= 15 is 0 Å². The Bertz CT molecular complexity index is 843. The summed E-state index contributed by atoms with van der Waals surface area (Å²) in [6, 6.07) is 15.9. The van der Waals surface area contributed by atoms with Gasteiger partial charge in [-0.2, -0.15) is 0 Å². The van der Waals surface area contributed by atoms with Crippen molar-refractivity contribution < 1.29 is 19.1 Å². The topological polar surface area (TPSA) is 75.7 Å². The highest BCUT2D eigenvalue weighted by Crippen LogP contribution is 2.23. The van der Waals surface area contributed by atoms with Crippen molar-refractivity contribution in [2.75, 3.05) is 25.0 Å². The SMILES string of the molecule is CCOC(=O)C1CCN(C(=O)c2ccccc2NC(=O)c2ccccc2)CC1. The molecule has 0 saturated carbocycles. The van der Waals surface area contributed by atoms with Crippen LogP contribution in [0.15, 0.2) is 54.6 Å². The van der Waals surface area contributed by atoms with Gasteiger partial charge in [-0.15, -0.1) is 0 Å². The van der Waals surface area contributed by atoms with Gasteiger partial charge in [0.25, 0.3) is 11.8 Å². The number of rotatable bonds is 5. The van der Waals surface area contributed by atoms with E-state index in [0.717, 1.165) is 0 Å². The summed E-state index contributed by atoms with van der Waals surface area (Å²) in [4.78, 5) is 39.1. The van der Waals surface area contributed by atoms with Crippen molar-refractivity contribution in [1.82, 2.24) is 4.90 Å². The van der Waals surface area contributed by atoms with E-state index in [1.807, 2.05) is 6.07 Å². The quantitative estimate of drug-likeness (QED) is 0.807. The van der Waals surface area contributed by atoms with E-state index in [4.69, 9.17) is 4.74 Å². The fourth-order valence-corrected chi connectivity index (χ4v) is 3.31. The summed E-state index contributed by atoms with van der Waals surface area (Å²) in [6.45, 7) is 3.14. The van der Waals surface area contributed by atoms with Crippen LogP contribution in [0.4, 0.5) is 5.69 Å². The molecule has 0 aromatic heterocycles. The van der Waals surface area contributed by atoms with Gasteiger partial charge < -0.3 is 15.0 Å². The third-order valence-electron chi connectivity index (χ3n) is 4.84. The van der Waals surface area contributed by atoms with E-state index in [0.29, 0.717) is 49.4 Å². The van der Waals surface area contributed by atoms with E-state index in [-0.39, 0.29) is 23.7 Å². The number of ether oxygens (including phenoxy) is 1. The number of benzene rings is 2. The molecule has 0 radical (unpaired) electrons. The molecule has 28 heavy (non-hydrogen) atoms. The van der Waals surface area contributed by atoms with Gasteiger partial charge in [-0.3, -0.25) is 14.4 Å². The molecular weight excluding hydrogens is 356 g/mol. The Morgan fingerprint density at radius 1 is 1.00 bits per heavy atom. The molecule has 0 unspecified atom stereocenters. The van der Waals surface area contributed by atoms with E-state index < -0.39 is 0 Å². The van der Waals surface area contributed by atoms with Crippen LogP contribution in [-0.2, 0) is 9.53 Å². The number of anilines is 1. The Kier molecular flexibility index (Phi) is 6.42. The zero-order valence-electron chi connectivity index (χ0n) is 15.9. The van der Waals surface area contributed by atoms with Crippen molar-refractivity contribution >= 4 is 23.5 Å². The molecule has 1 saturated heterocycles. The Morgan fingerprint density at radius 3 is 2.32 bits per heavy atom. The third-order valence-corrected chi connectivity index (χ3v) is 4.84. The summed E-state index contributed by atoms with van der Waals surface area (Å²) in [6.07, 6.45) is 1.17. The number of nitrogens with one attached hydrogen (secondary N) is 1.